The number of methoxy groups -OCH3 is 1. The summed E-state index contributed by atoms with van der Waals surface area (Å²) in [4.78, 5) is 27.3. The van der Waals surface area contributed by atoms with E-state index in [0.717, 1.165) is 22.4 Å². The van der Waals surface area contributed by atoms with Crippen molar-refractivity contribution in [3.63, 3.8) is 0 Å². The number of amides is 2. The number of carbonyl (C=O) groups is 2. The molecule has 0 spiro atoms. The van der Waals surface area contributed by atoms with Gasteiger partial charge in [-0.25, -0.2) is 8.42 Å². The van der Waals surface area contributed by atoms with Gasteiger partial charge in [-0.3, -0.25) is 14.3 Å². The quantitative estimate of drug-likeness (QED) is 0.108. The normalized spacial score (nSPS) is 13.2. The fourth-order valence-electron chi connectivity index (χ4n) is 5.24. The Morgan fingerprint density at radius 1 is 0.792 bits per heavy atom. The standard InChI is InChI=1S/C37H44N4O6S/c1-4-33(28-16-10-7-11-17-28)39-36(43)29-21-30(23-31(22-29)41-48(45,46)5-2)37(44)40-34(20-26-13-8-6-9-14-26)35(42)25-38-24-27-15-12-18-32(19-27)47-3/h6-19,21-23,33-35,38,41-42H,4-5,20,24-25H2,1-3H3,(H,39,43)(H,40,44)/t33-,34+,35-/m1/s1. The first-order valence-electron chi connectivity index (χ1n) is 16.0. The van der Waals surface area contributed by atoms with Crippen LogP contribution in [0.25, 0.3) is 0 Å². The first-order chi connectivity index (χ1) is 23.1. The fourth-order valence-corrected chi connectivity index (χ4v) is 5.86. The minimum Gasteiger partial charge on any atom is -0.497 e. The van der Waals surface area contributed by atoms with E-state index in [-0.39, 0.29) is 35.2 Å². The lowest BCUT2D eigenvalue weighted by Crippen LogP contribution is -2.48. The Bertz CT molecular complexity index is 1750. The number of ether oxygens (including phenoxy) is 1. The number of hydrogen-bond acceptors (Lipinski definition) is 7. The molecule has 0 unspecified atom stereocenters. The van der Waals surface area contributed by atoms with E-state index in [2.05, 4.69) is 20.7 Å². The Morgan fingerprint density at radius 3 is 2.04 bits per heavy atom. The van der Waals surface area contributed by atoms with Crippen molar-refractivity contribution in [2.75, 3.05) is 24.1 Å². The van der Waals surface area contributed by atoms with E-state index in [1.807, 2.05) is 91.9 Å². The highest BCUT2D eigenvalue weighted by Gasteiger charge is 2.24. The molecule has 0 bridgehead atoms. The van der Waals surface area contributed by atoms with E-state index < -0.39 is 34.0 Å². The van der Waals surface area contributed by atoms with Gasteiger partial charge in [-0.1, -0.05) is 79.7 Å². The van der Waals surface area contributed by atoms with Crippen LogP contribution in [0.5, 0.6) is 5.75 Å². The van der Waals surface area contributed by atoms with Gasteiger partial charge in [0.05, 0.1) is 36.7 Å². The van der Waals surface area contributed by atoms with E-state index in [1.54, 1.807) is 7.11 Å². The SMILES string of the molecule is CC[C@@H](NC(=O)c1cc(NS(=O)(=O)CC)cc(C(=O)N[C@@H](Cc2ccccc2)[C@H](O)CNCc2cccc(OC)c2)c1)c1ccccc1. The maximum Gasteiger partial charge on any atom is 0.251 e. The van der Waals surface area contributed by atoms with Gasteiger partial charge >= 0.3 is 0 Å². The van der Waals surface area contributed by atoms with Gasteiger partial charge in [-0.15, -0.1) is 0 Å². The molecule has 0 heterocycles. The Hall–Kier alpha value is -4.71. The molecule has 0 saturated carbocycles. The topological polar surface area (TPSA) is 146 Å². The van der Waals surface area contributed by atoms with E-state index in [9.17, 15) is 23.1 Å². The molecule has 4 aromatic rings. The van der Waals surface area contributed by atoms with Crippen molar-refractivity contribution >= 4 is 27.5 Å². The Balaban J connectivity index is 1.57. The zero-order chi connectivity index (χ0) is 34.5. The monoisotopic (exact) mass is 672 g/mol. The minimum absolute atomic E-state index is 0.0683. The Labute approximate surface area is 283 Å². The van der Waals surface area contributed by atoms with Crippen LogP contribution in [-0.4, -0.2) is 56.9 Å². The van der Waals surface area contributed by atoms with Crippen LogP contribution in [0.3, 0.4) is 0 Å². The lowest BCUT2D eigenvalue weighted by atomic mass is 9.99. The highest BCUT2D eigenvalue weighted by atomic mass is 32.2. The zero-order valence-electron chi connectivity index (χ0n) is 27.5. The summed E-state index contributed by atoms with van der Waals surface area (Å²) in [6, 6.07) is 29.8. The number of nitrogens with one attached hydrogen (secondary N) is 4. The van der Waals surface area contributed by atoms with Crippen LogP contribution in [0.15, 0.2) is 103 Å². The average Bonchev–Trinajstić information content (AvgIpc) is 3.10. The maximum absolute atomic E-state index is 13.8. The molecule has 0 saturated heterocycles. The lowest BCUT2D eigenvalue weighted by molar-refractivity contribution is 0.0830. The third-order valence-electron chi connectivity index (χ3n) is 7.92. The predicted octanol–water partition coefficient (Wildman–Crippen LogP) is 4.83. The van der Waals surface area contributed by atoms with Crippen LogP contribution in [-0.2, 0) is 23.0 Å². The van der Waals surface area contributed by atoms with Crippen LogP contribution in [0, 0.1) is 0 Å². The van der Waals surface area contributed by atoms with Gasteiger partial charge in [0.25, 0.3) is 11.8 Å². The first kappa shape index (κ1) is 36.1. The van der Waals surface area contributed by atoms with Crippen LogP contribution in [0.1, 0.15) is 63.7 Å². The number of sulfonamides is 1. The van der Waals surface area contributed by atoms with Crippen molar-refractivity contribution < 1.29 is 27.9 Å². The summed E-state index contributed by atoms with van der Waals surface area (Å²) in [7, 11) is -2.11. The van der Waals surface area contributed by atoms with Gasteiger partial charge in [0.2, 0.25) is 10.0 Å². The molecule has 0 fully saturated rings. The van der Waals surface area contributed by atoms with Gasteiger partial charge in [0, 0.05) is 24.2 Å². The van der Waals surface area contributed by atoms with Crippen molar-refractivity contribution in [1.29, 1.82) is 0 Å². The van der Waals surface area contributed by atoms with Crippen LogP contribution in [0.2, 0.25) is 0 Å². The number of hydrogen-bond donors (Lipinski definition) is 5. The molecule has 3 atom stereocenters. The summed E-state index contributed by atoms with van der Waals surface area (Å²) in [6.45, 7) is 4.10. The van der Waals surface area contributed by atoms with Crippen LogP contribution in [0.4, 0.5) is 5.69 Å². The molecular formula is C37H44N4O6S. The molecule has 0 aliphatic heterocycles. The van der Waals surface area contributed by atoms with Crippen molar-refractivity contribution in [3.05, 3.63) is 131 Å². The third-order valence-corrected chi connectivity index (χ3v) is 9.23. The number of rotatable bonds is 17. The molecular weight excluding hydrogens is 628 g/mol. The van der Waals surface area contributed by atoms with Gasteiger partial charge in [0.1, 0.15) is 5.75 Å². The summed E-state index contributed by atoms with van der Waals surface area (Å²) in [5.74, 6) is -0.486. The Morgan fingerprint density at radius 2 is 1.42 bits per heavy atom. The van der Waals surface area contributed by atoms with Crippen molar-refractivity contribution in [2.24, 2.45) is 0 Å². The highest BCUT2D eigenvalue weighted by Crippen LogP contribution is 2.21. The van der Waals surface area contributed by atoms with Gasteiger partial charge in [-0.05, 0) is 66.8 Å². The molecule has 0 radical (unpaired) electrons. The van der Waals surface area contributed by atoms with Gasteiger partial charge in [0.15, 0.2) is 0 Å². The van der Waals surface area contributed by atoms with Crippen LogP contribution < -0.4 is 25.4 Å². The molecule has 254 valence electrons. The molecule has 4 aromatic carbocycles. The largest absolute Gasteiger partial charge is 0.497 e. The van der Waals surface area contributed by atoms with E-state index in [4.69, 9.17) is 4.74 Å². The third kappa shape index (κ3) is 10.7. The van der Waals surface area contributed by atoms with Crippen molar-refractivity contribution in [1.82, 2.24) is 16.0 Å². The minimum atomic E-state index is -3.71. The smallest absolute Gasteiger partial charge is 0.251 e. The fraction of sp³-hybridized carbons (Fsp3) is 0.297. The molecule has 11 heteroatoms. The van der Waals surface area contributed by atoms with E-state index in [1.165, 1.54) is 25.1 Å². The molecule has 10 nitrogen and oxygen atoms in total. The predicted molar refractivity (Wildman–Crippen MR) is 189 cm³/mol. The van der Waals surface area contributed by atoms with E-state index in [0.29, 0.717) is 19.4 Å². The first-order valence-corrected chi connectivity index (χ1v) is 17.6. The molecule has 0 aliphatic rings. The van der Waals surface area contributed by atoms with Gasteiger partial charge < -0.3 is 25.8 Å². The summed E-state index contributed by atoms with van der Waals surface area (Å²) in [5.41, 5.74) is 3.07. The molecule has 2 amide bonds. The lowest BCUT2D eigenvalue weighted by Gasteiger charge is -2.25. The van der Waals surface area contributed by atoms with Crippen LogP contribution >= 0.6 is 0 Å². The van der Waals surface area contributed by atoms with Crippen molar-refractivity contribution in [3.8, 4) is 5.75 Å². The summed E-state index contributed by atoms with van der Waals surface area (Å²) in [6.07, 6.45) is -0.0318. The van der Waals surface area contributed by atoms with Gasteiger partial charge in [-0.2, -0.15) is 0 Å². The number of carbonyl (C=O) groups excluding carboxylic acids is 2. The number of aliphatic hydroxyl groups is 1. The molecule has 5 N–H and O–H groups in total. The number of anilines is 1. The molecule has 0 aliphatic carbocycles. The van der Waals surface area contributed by atoms with Crippen molar-refractivity contribution in [2.45, 2.75) is 51.4 Å². The second-order valence-electron chi connectivity index (χ2n) is 11.5. The second kappa shape index (κ2) is 17.4. The highest BCUT2D eigenvalue weighted by molar-refractivity contribution is 7.92. The molecule has 48 heavy (non-hydrogen) atoms. The summed E-state index contributed by atoms with van der Waals surface area (Å²) in [5, 5.41) is 20.5. The number of aliphatic hydroxyl groups excluding tert-OH is 1. The summed E-state index contributed by atoms with van der Waals surface area (Å²) < 4.78 is 32.7. The number of benzene rings is 4. The molecule has 0 aromatic heterocycles. The second-order valence-corrected chi connectivity index (χ2v) is 13.5. The molecule has 4 rings (SSSR count). The average molecular weight is 673 g/mol. The maximum atomic E-state index is 13.8. The zero-order valence-corrected chi connectivity index (χ0v) is 28.3. The summed E-state index contributed by atoms with van der Waals surface area (Å²) >= 11 is 0. The van der Waals surface area contributed by atoms with E-state index >= 15 is 0 Å². The Kier molecular flexibility index (Phi) is 13.1.